The van der Waals surface area contributed by atoms with E-state index in [-0.39, 0.29) is 0 Å². The minimum atomic E-state index is 0.731. The lowest BCUT2D eigenvalue weighted by molar-refractivity contribution is 1.05. The molecule has 0 radical (unpaired) electrons. The molecule has 0 saturated heterocycles. The molecule has 1 N–H and O–H groups in total. The van der Waals surface area contributed by atoms with E-state index in [9.17, 15) is 0 Å². The summed E-state index contributed by atoms with van der Waals surface area (Å²) < 4.78 is 0.978. The van der Waals surface area contributed by atoms with Crippen molar-refractivity contribution in [2.45, 2.75) is 6.92 Å². The van der Waals surface area contributed by atoms with Gasteiger partial charge in [0.15, 0.2) is 0 Å². The first-order valence-corrected chi connectivity index (χ1v) is 5.21. The molecular weight excluding hydrogens is 256 g/mol. The monoisotopic (exact) mass is 264 g/mol. The lowest BCUT2D eigenvalue weighted by Crippen LogP contribution is -1.97. The average Bonchev–Trinajstić information content (AvgIpc) is 2.17. The number of pyridine rings is 1. The van der Waals surface area contributed by atoms with E-state index in [1.165, 1.54) is 0 Å². The molecule has 0 spiro atoms. The third kappa shape index (κ3) is 2.73. The van der Waals surface area contributed by atoms with Gasteiger partial charge in [-0.15, -0.1) is 0 Å². The second-order valence-corrected chi connectivity index (χ2v) is 3.89. The van der Waals surface area contributed by atoms with E-state index >= 15 is 0 Å². The lowest BCUT2D eigenvalue weighted by atomic mass is 10.4. The number of aromatic nitrogens is 3. The standard InChI is InChI=1S/C10H9BrN4/c1-7-12-5-3-9(14-7)15-10-6-8(11)2-4-13-10/h2-6H,1H3,(H,12,13,14,15). The van der Waals surface area contributed by atoms with Crippen LogP contribution in [0.3, 0.4) is 0 Å². The molecule has 0 unspecified atom stereocenters. The smallest absolute Gasteiger partial charge is 0.135 e. The second kappa shape index (κ2) is 4.35. The summed E-state index contributed by atoms with van der Waals surface area (Å²) >= 11 is 3.38. The van der Waals surface area contributed by atoms with Crippen molar-refractivity contribution in [1.29, 1.82) is 0 Å². The maximum atomic E-state index is 4.22. The average molecular weight is 265 g/mol. The molecule has 0 aliphatic carbocycles. The third-order valence-corrected chi connectivity index (χ3v) is 2.25. The Morgan fingerprint density at radius 2 is 1.93 bits per heavy atom. The molecule has 0 fully saturated rings. The molecule has 0 amide bonds. The number of aryl methyl sites for hydroxylation is 1. The summed E-state index contributed by atoms with van der Waals surface area (Å²) in [7, 11) is 0. The molecule has 5 heteroatoms. The van der Waals surface area contributed by atoms with E-state index in [1.54, 1.807) is 18.5 Å². The zero-order valence-corrected chi connectivity index (χ0v) is 9.69. The van der Waals surface area contributed by atoms with Gasteiger partial charge in [0.1, 0.15) is 17.5 Å². The van der Waals surface area contributed by atoms with Crippen LogP contribution in [0.15, 0.2) is 35.1 Å². The fourth-order valence-corrected chi connectivity index (χ4v) is 1.47. The molecule has 2 rings (SSSR count). The van der Waals surface area contributed by atoms with Gasteiger partial charge in [0.2, 0.25) is 0 Å². The van der Waals surface area contributed by atoms with Gasteiger partial charge in [-0.3, -0.25) is 0 Å². The molecule has 0 atom stereocenters. The molecule has 0 aliphatic heterocycles. The highest BCUT2D eigenvalue weighted by Crippen LogP contribution is 2.16. The highest BCUT2D eigenvalue weighted by Gasteiger charge is 1.98. The topological polar surface area (TPSA) is 50.7 Å². The van der Waals surface area contributed by atoms with Gasteiger partial charge in [0, 0.05) is 16.9 Å². The predicted molar refractivity (Wildman–Crippen MR) is 62.0 cm³/mol. The van der Waals surface area contributed by atoms with Gasteiger partial charge in [-0.1, -0.05) is 15.9 Å². The molecule has 0 aliphatic rings. The molecule has 0 saturated carbocycles. The van der Waals surface area contributed by atoms with Crippen molar-refractivity contribution >= 4 is 27.6 Å². The van der Waals surface area contributed by atoms with Crippen molar-refractivity contribution in [2.24, 2.45) is 0 Å². The fraction of sp³-hybridized carbons (Fsp3) is 0.100. The first kappa shape index (κ1) is 10.0. The van der Waals surface area contributed by atoms with Crippen LogP contribution in [0.25, 0.3) is 0 Å². The SMILES string of the molecule is Cc1nccc(Nc2cc(Br)ccn2)n1. The summed E-state index contributed by atoms with van der Waals surface area (Å²) in [6, 6.07) is 5.56. The van der Waals surface area contributed by atoms with Crippen molar-refractivity contribution in [3.8, 4) is 0 Å². The molecule has 15 heavy (non-hydrogen) atoms. The normalized spacial score (nSPS) is 10.0. The van der Waals surface area contributed by atoms with E-state index in [2.05, 4.69) is 36.2 Å². The number of anilines is 2. The maximum Gasteiger partial charge on any atom is 0.135 e. The Labute approximate surface area is 95.9 Å². The van der Waals surface area contributed by atoms with Crippen LogP contribution in [0.5, 0.6) is 0 Å². The Hall–Kier alpha value is -1.49. The molecule has 2 aromatic rings. The van der Waals surface area contributed by atoms with Gasteiger partial charge in [-0.2, -0.15) is 0 Å². The third-order valence-electron chi connectivity index (χ3n) is 1.75. The summed E-state index contributed by atoms with van der Waals surface area (Å²) in [6.45, 7) is 1.85. The summed E-state index contributed by atoms with van der Waals surface area (Å²) in [5, 5.41) is 3.09. The predicted octanol–water partition coefficient (Wildman–Crippen LogP) is 2.69. The Morgan fingerprint density at radius 1 is 1.13 bits per heavy atom. The largest absolute Gasteiger partial charge is 0.325 e. The number of hydrogen-bond donors (Lipinski definition) is 1. The summed E-state index contributed by atoms with van der Waals surface area (Å²) in [5.74, 6) is 2.23. The van der Waals surface area contributed by atoms with Gasteiger partial charge < -0.3 is 5.32 Å². The zero-order valence-electron chi connectivity index (χ0n) is 8.11. The van der Waals surface area contributed by atoms with Crippen molar-refractivity contribution in [3.63, 3.8) is 0 Å². The van der Waals surface area contributed by atoms with Crippen LogP contribution in [0.2, 0.25) is 0 Å². The summed E-state index contributed by atoms with van der Waals surface area (Å²) in [6.07, 6.45) is 3.43. The van der Waals surface area contributed by atoms with Crippen molar-refractivity contribution in [2.75, 3.05) is 5.32 Å². The zero-order chi connectivity index (χ0) is 10.7. The highest BCUT2D eigenvalue weighted by atomic mass is 79.9. The van der Waals surface area contributed by atoms with Gasteiger partial charge in [-0.25, -0.2) is 15.0 Å². The Kier molecular flexibility index (Phi) is 2.91. The van der Waals surface area contributed by atoms with Crippen LogP contribution in [0, 0.1) is 6.92 Å². The molecule has 76 valence electrons. The molecule has 0 bridgehead atoms. The Balaban J connectivity index is 2.22. The number of halogens is 1. The van der Waals surface area contributed by atoms with Crippen molar-refractivity contribution in [3.05, 3.63) is 40.9 Å². The minimum Gasteiger partial charge on any atom is -0.325 e. The van der Waals surface area contributed by atoms with Gasteiger partial charge in [0.25, 0.3) is 0 Å². The van der Waals surface area contributed by atoms with Crippen LogP contribution in [0.4, 0.5) is 11.6 Å². The molecular formula is C10H9BrN4. The van der Waals surface area contributed by atoms with Crippen LogP contribution >= 0.6 is 15.9 Å². The van der Waals surface area contributed by atoms with E-state index < -0.39 is 0 Å². The van der Waals surface area contributed by atoms with E-state index in [0.717, 1.165) is 21.9 Å². The number of nitrogens with zero attached hydrogens (tertiary/aromatic N) is 3. The molecule has 4 nitrogen and oxygen atoms in total. The van der Waals surface area contributed by atoms with Crippen molar-refractivity contribution < 1.29 is 0 Å². The summed E-state index contributed by atoms with van der Waals surface area (Å²) in [5.41, 5.74) is 0. The number of rotatable bonds is 2. The van der Waals surface area contributed by atoms with E-state index in [4.69, 9.17) is 0 Å². The molecule has 0 aromatic carbocycles. The van der Waals surface area contributed by atoms with E-state index in [1.807, 2.05) is 19.1 Å². The second-order valence-electron chi connectivity index (χ2n) is 2.97. The Bertz CT molecular complexity index is 429. The van der Waals surface area contributed by atoms with Gasteiger partial charge >= 0.3 is 0 Å². The van der Waals surface area contributed by atoms with Gasteiger partial charge in [0.05, 0.1) is 0 Å². The fourth-order valence-electron chi connectivity index (χ4n) is 1.13. The van der Waals surface area contributed by atoms with Crippen LogP contribution in [-0.4, -0.2) is 15.0 Å². The lowest BCUT2D eigenvalue weighted by Gasteiger charge is -2.04. The van der Waals surface area contributed by atoms with Crippen molar-refractivity contribution in [1.82, 2.24) is 15.0 Å². The molecule has 2 heterocycles. The Morgan fingerprint density at radius 3 is 2.67 bits per heavy atom. The van der Waals surface area contributed by atoms with Crippen LogP contribution in [0.1, 0.15) is 5.82 Å². The molecule has 2 aromatic heterocycles. The maximum absolute atomic E-state index is 4.22. The summed E-state index contributed by atoms with van der Waals surface area (Å²) in [4.78, 5) is 12.4. The quantitative estimate of drug-likeness (QED) is 0.906. The highest BCUT2D eigenvalue weighted by molar-refractivity contribution is 9.10. The van der Waals surface area contributed by atoms with Gasteiger partial charge in [-0.05, 0) is 25.1 Å². The van der Waals surface area contributed by atoms with Crippen LogP contribution in [-0.2, 0) is 0 Å². The number of hydrogen-bond acceptors (Lipinski definition) is 4. The number of nitrogens with one attached hydrogen (secondary N) is 1. The van der Waals surface area contributed by atoms with E-state index in [0.29, 0.717) is 0 Å². The first-order valence-electron chi connectivity index (χ1n) is 4.42. The first-order chi connectivity index (χ1) is 7.24. The minimum absolute atomic E-state index is 0.731. The van der Waals surface area contributed by atoms with Crippen LogP contribution < -0.4 is 5.32 Å².